The average molecular weight is 489 g/mol. The lowest BCUT2D eigenvalue weighted by Crippen LogP contribution is -2.36. The van der Waals surface area contributed by atoms with Crippen molar-refractivity contribution in [3.8, 4) is 0 Å². The van der Waals surface area contributed by atoms with Crippen molar-refractivity contribution in [3.63, 3.8) is 0 Å². The molecule has 0 bridgehead atoms. The zero-order valence-electron chi connectivity index (χ0n) is 18.9. The summed E-state index contributed by atoms with van der Waals surface area (Å²) in [4.78, 5) is 36.3. The molecule has 1 fully saturated rings. The molecule has 8 heteroatoms. The molecule has 35 heavy (non-hydrogen) atoms. The summed E-state index contributed by atoms with van der Waals surface area (Å²) >= 11 is 6.07. The lowest BCUT2D eigenvalue weighted by atomic mass is 9.98. The lowest BCUT2D eigenvalue weighted by molar-refractivity contribution is 0.0942. The number of aliphatic hydroxyl groups is 1. The molecule has 7 nitrogen and oxygen atoms in total. The van der Waals surface area contributed by atoms with Gasteiger partial charge in [-0.15, -0.1) is 0 Å². The first kappa shape index (κ1) is 23.1. The molecule has 2 aromatic carbocycles. The van der Waals surface area contributed by atoms with E-state index in [0.717, 1.165) is 24.5 Å². The molecule has 1 amide bonds. The van der Waals surface area contributed by atoms with Crippen LogP contribution in [0.15, 0.2) is 77.9 Å². The average Bonchev–Trinajstić information content (AvgIpc) is 2.89. The highest BCUT2D eigenvalue weighted by atomic mass is 35.5. The molecule has 5 rings (SSSR count). The lowest BCUT2D eigenvalue weighted by Gasteiger charge is -2.30. The van der Waals surface area contributed by atoms with Crippen LogP contribution in [0.4, 0.5) is 5.82 Å². The van der Waals surface area contributed by atoms with Crippen LogP contribution in [0, 0.1) is 0 Å². The van der Waals surface area contributed by atoms with Crippen molar-refractivity contribution < 1.29 is 9.90 Å². The van der Waals surface area contributed by atoms with Gasteiger partial charge in [-0.3, -0.25) is 9.59 Å². The van der Waals surface area contributed by atoms with Gasteiger partial charge in [0.1, 0.15) is 5.82 Å². The first-order valence-electron chi connectivity index (χ1n) is 11.6. The number of hydrogen-bond donors (Lipinski definition) is 3. The Morgan fingerprint density at radius 2 is 1.89 bits per heavy atom. The minimum atomic E-state index is -0.657. The number of amides is 1. The van der Waals surface area contributed by atoms with Gasteiger partial charge < -0.3 is 20.3 Å². The maximum atomic E-state index is 13.4. The highest BCUT2D eigenvalue weighted by molar-refractivity contribution is 6.31. The minimum Gasteiger partial charge on any atom is -0.393 e. The Morgan fingerprint density at radius 3 is 2.60 bits per heavy atom. The number of fused-ring (bicyclic) bond motifs is 1. The Labute approximate surface area is 207 Å². The predicted molar refractivity (Wildman–Crippen MR) is 137 cm³/mol. The normalized spacial score (nSPS) is 15.2. The van der Waals surface area contributed by atoms with E-state index in [2.05, 4.69) is 20.2 Å². The number of halogens is 1. The number of piperidine rings is 1. The van der Waals surface area contributed by atoms with Gasteiger partial charge in [0.25, 0.3) is 5.91 Å². The third-order valence-electron chi connectivity index (χ3n) is 6.39. The molecule has 0 radical (unpaired) electrons. The Balaban J connectivity index is 1.44. The Bertz CT molecular complexity index is 1400. The summed E-state index contributed by atoms with van der Waals surface area (Å²) in [6.45, 7) is 1.46. The number of carbonyl (C=O) groups excluding carboxylic acids is 1. The Kier molecular flexibility index (Phi) is 6.53. The van der Waals surface area contributed by atoms with Crippen molar-refractivity contribution in [3.05, 3.63) is 105 Å². The molecular weight excluding hydrogens is 464 g/mol. The van der Waals surface area contributed by atoms with E-state index >= 15 is 0 Å². The zero-order chi connectivity index (χ0) is 24.4. The molecule has 1 aliphatic heterocycles. The van der Waals surface area contributed by atoms with Gasteiger partial charge in [-0.05, 0) is 48.7 Å². The molecule has 0 spiro atoms. The minimum absolute atomic E-state index is 0.176. The van der Waals surface area contributed by atoms with Crippen molar-refractivity contribution in [1.82, 2.24) is 15.3 Å². The molecule has 1 aliphatic rings. The number of H-pyrrole nitrogens is 1. The smallest absolute Gasteiger partial charge is 0.253 e. The van der Waals surface area contributed by atoms with Gasteiger partial charge in [-0.25, -0.2) is 4.98 Å². The number of benzene rings is 2. The van der Waals surface area contributed by atoms with E-state index in [-0.39, 0.29) is 17.4 Å². The van der Waals surface area contributed by atoms with E-state index in [1.165, 1.54) is 0 Å². The molecule has 3 heterocycles. The summed E-state index contributed by atoms with van der Waals surface area (Å²) in [6.07, 6.45) is 4.32. The van der Waals surface area contributed by atoms with E-state index in [1.807, 2.05) is 36.4 Å². The summed E-state index contributed by atoms with van der Waals surface area (Å²) < 4.78 is 0. The summed E-state index contributed by atoms with van der Waals surface area (Å²) in [6, 6.07) is 17.3. The predicted octanol–water partition coefficient (Wildman–Crippen LogP) is 4.06. The highest BCUT2D eigenvalue weighted by Gasteiger charge is 2.23. The first-order valence-corrected chi connectivity index (χ1v) is 11.9. The SMILES string of the molecule is O=C(NC(c1ccccc1)c1c[nH]c2cc(Cl)ccc2c1=O)c1ccc(N2CCC(O)CC2)nc1. The molecule has 2 aromatic heterocycles. The zero-order valence-corrected chi connectivity index (χ0v) is 19.7. The molecule has 3 N–H and O–H groups in total. The van der Waals surface area contributed by atoms with Crippen LogP contribution in [0.25, 0.3) is 10.9 Å². The summed E-state index contributed by atoms with van der Waals surface area (Å²) in [5.74, 6) is 0.445. The molecule has 178 valence electrons. The van der Waals surface area contributed by atoms with Crippen LogP contribution >= 0.6 is 11.6 Å². The molecular formula is C27H25ClN4O3. The second-order valence-corrected chi connectivity index (χ2v) is 9.14. The first-order chi connectivity index (χ1) is 17.0. The number of nitrogens with zero attached hydrogens (tertiary/aromatic N) is 2. The third kappa shape index (κ3) is 4.92. The van der Waals surface area contributed by atoms with Crippen LogP contribution in [0.5, 0.6) is 0 Å². The quantitative estimate of drug-likeness (QED) is 0.393. The second kappa shape index (κ2) is 9.90. The molecule has 1 saturated heterocycles. The third-order valence-corrected chi connectivity index (χ3v) is 6.62. The topological polar surface area (TPSA) is 98.3 Å². The van der Waals surface area contributed by atoms with Gasteiger partial charge >= 0.3 is 0 Å². The van der Waals surface area contributed by atoms with Gasteiger partial charge in [0.15, 0.2) is 5.43 Å². The number of carbonyl (C=O) groups is 1. The number of aliphatic hydroxyl groups excluding tert-OH is 1. The fourth-order valence-electron chi connectivity index (χ4n) is 4.43. The number of anilines is 1. The van der Waals surface area contributed by atoms with Gasteiger partial charge in [-0.1, -0.05) is 41.9 Å². The second-order valence-electron chi connectivity index (χ2n) is 8.70. The monoisotopic (exact) mass is 488 g/mol. The van der Waals surface area contributed by atoms with Crippen LogP contribution in [-0.2, 0) is 0 Å². The van der Waals surface area contributed by atoms with Crippen LogP contribution in [0.2, 0.25) is 5.02 Å². The summed E-state index contributed by atoms with van der Waals surface area (Å²) in [5, 5.41) is 13.8. The van der Waals surface area contributed by atoms with E-state index in [1.54, 1.807) is 36.7 Å². The maximum Gasteiger partial charge on any atom is 0.253 e. The molecule has 0 saturated carbocycles. The van der Waals surface area contributed by atoms with E-state index in [0.29, 0.717) is 39.9 Å². The van der Waals surface area contributed by atoms with Gasteiger partial charge in [0, 0.05) is 41.5 Å². The largest absolute Gasteiger partial charge is 0.393 e. The number of rotatable bonds is 5. The molecule has 1 atom stereocenters. The highest BCUT2D eigenvalue weighted by Crippen LogP contribution is 2.23. The number of aromatic amines is 1. The van der Waals surface area contributed by atoms with Gasteiger partial charge in [0.05, 0.1) is 23.2 Å². The van der Waals surface area contributed by atoms with E-state index < -0.39 is 6.04 Å². The molecule has 4 aromatic rings. The Hall–Kier alpha value is -3.68. The number of pyridine rings is 2. The number of nitrogens with one attached hydrogen (secondary N) is 2. The van der Waals surface area contributed by atoms with Crippen LogP contribution in [-0.4, -0.2) is 40.2 Å². The van der Waals surface area contributed by atoms with E-state index in [9.17, 15) is 14.7 Å². The fourth-order valence-corrected chi connectivity index (χ4v) is 4.60. The van der Waals surface area contributed by atoms with E-state index in [4.69, 9.17) is 11.6 Å². The van der Waals surface area contributed by atoms with Gasteiger partial charge in [0.2, 0.25) is 0 Å². The molecule has 1 unspecified atom stereocenters. The molecule has 0 aliphatic carbocycles. The fraction of sp³-hybridized carbons (Fsp3) is 0.222. The summed E-state index contributed by atoms with van der Waals surface area (Å²) in [7, 11) is 0. The van der Waals surface area contributed by atoms with Crippen molar-refractivity contribution in [1.29, 1.82) is 0 Å². The standard InChI is InChI=1S/C27H25ClN4O3/c28-19-7-8-21-23(14-19)29-16-22(26(21)34)25(17-4-2-1-3-5-17)31-27(35)18-6-9-24(30-15-18)32-12-10-20(33)11-13-32/h1-9,14-16,20,25,33H,10-13H2,(H,29,34)(H,31,35). The van der Waals surface area contributed by atoms with Gasteiger partial charge in [-0.2, -0.15) is 0 Å². The number of aromatic nitrogens is 2. The number of hydrogen-bond acceptors (Lipinski definition) is 5. The maximum absolute atomic E-state index is 13.4. The van der Waals surface area contributed by atoms with Crippen LogP contribution in [0.1, 0.15) is 40.4 Å². The Morgan fingerprint density at radius 1 is 1.11 bits per heavy atom. The van der Waals surface area contributed by atoms with Crippen molar-refractivity contribution >= 4 is 34.2 Å². The van der Waals surface area contributed by atoms with Crippen molar-refractivity contribution in [2.24, 2.45) is 0 Å². The summed E-state index contributed by atoms with van der Waals surface area (Å²) in [5.41, 5.74) is 2.07. The van der Waals surface area contributed by atoms with Crippen molar-refractivity contribution in [2.75, 3.05) is 18.0 Å². The van der Waals surface area contributed by atoms with Crippen LogP contribution in [0.3, 0.4) is 0 Å². The van der Waals surface area contributed by atoms with Crippen LogP contribution < -0.4 is 15.6 Å². The van der Waals surface area contributed by atoms with Crippen molar-refractivity contribution in [2.45, 2.75) is 25.0 Å².